The third-order valence-electron chi connectivity index (χ3n) is 6.46. The smallest absolute Gasteiger partial charge is 0.257 e. The van der Waals surface area contributed by atoms with Gasteiger partial charge in [-0.3, -0.25) is 9.48 Å². The van der Waals surface area contributed by atoms with Crippen molar-refractivity contribution < 1.29 is 9.18 Å². The van der Waals surface area contributed by atoms with E-state index >= 15 is 0 Å². The second kappa shape index (κ2) is 9.94. The molecule has 1 amide bonds. The van der Waals surface area contributed by atoms with Crippen LogP contribution in [0.25, 0.3) is 16.6 Å². The van der Waals surface area contributed by atoms with Crippen LogP contribution in [0, 0.1) is 12.7 Å². The van der Waals surface area contributed by atoms with Gasteiger partial charge in [0.25, 0.3) is 5.91 Å². The first kappa shape index (κ1) is 23.7. The number of carbonyl (C=O) groups excluding carboxylic acids is 1. The van der Waals surface area contributed by atoms with Crippen molar-refractivity contribution in [1.82, 2.24) is 24.5 Å². The van der Waals surface area contributed by atoms with E-state index in [0.717, 1.165) is 43.5 Å². The zero-order chi connectivity index (χ0) is 25.2. The van der Waals surface area contributed by atoms with Crippen molar-refractivity contribution in [3.8, 4) is 0 Å². The largest absolute Gasteiger partial charge is 0.369 e. The minimum atomic E-state index is -0.498. The van der Waals surface area contributed by atoms with Gasteiger partial charge in [-0.05, 0) is 38.4 Å². The number of hydrogen-bond donors (Lipinski definition) is 2. The number of benzene rings is 1. The molecule has 1 saturated heterocycles. The highest BCUT2D eigenvalue weighted by molar-refractivity contribution is 6.13. The minimum Gasteiger partial charge on any atom is -0.369 e. The van der Waals surface area contributed by atoms with Crippen LogP contribution in [0.3, 0.4) is 0 Å². The fraction of sp³-hybridized carbons (Fsp3) is 0.296. The summed E-state index contributed by atoms with van der Waals surface area (Å²) >= 11 is 0. The van der Waals surface area contributed by atoms with Crippen molar-refractivity contribution in [2.75, 3.05) is 29.9 Å². The fourth-order valence-corrected chi connectivity index (χ4v) is 4.80. The second-order valence-corrected chi connectivity index (χ2v) is 9.14. The zero-order valence-electron chi connectivity index (χ0n) is 20.4. The molecule has 0 bridgehead atoms. The maximum absolute atomic E-state index is 14.5. The number of rotatable bonds is 9. The third kappa shape index (κ3) is 4.61. The van der Waals surface area contributed by atoms with Crippen molar-refractivity contribution in [1.29, 1.82) is 0 Å². The van der Waals surface area contributed by atoms with Gasteiger partial charge in [0.1, 0.15) is 5.52 Å². The van der Waals surface area contributed by atoms with Gasteiger partial charge < -0.3 is 19.9 Å². The van der Waals surface area contributed by atoms with Crippen LogP contribution in [0.5, 0.6) is 0 Å². The molecule has 0 aliphatic carbocycles. The molecule has 1 fully saturated rings. The maximum atomic E-state index is 14.5. The fourth-order valence-electron chi connectivity index (χ4n) is 4.80. The summed E-state index contributed by atoms with van der Waals surface area (Å²) in [6, 6.07) is 5.47. The van der Waals surface area contributed by atoms with E-state index in [-0.39, 0.29) is 11.6 Å². The number of pyridine rings is 1. The summed E-state index contributed by atoms with van der Waals surface area (Å²) in [7, 11) is 0. The van der Waals surface area contributed by atoms with Crippen molar-refractivity contribution in [3.63, 3.8) is 0 Å². The standard InChI is InChI=1S/C27H30FN7O/c1-4-6-10-29-19-9-12-33(15-19)24-8-7-21(25-22(24)17-35(32-25)11-5-2)27(36)31-20-13-23(28)26-30-18(3)14-34(26)16-20/h4-5,7-8,13-14,16-17,19,29H,1-2,6,9-12,15H2,3H3,(H,31,36)/t19-/m1/s1. The molecule has 9 heteroatoms. The molecule has 5 rings (SSSR count). The number of aromatic nitrogens is 4. The molecule has 1 aliphatic rings. The van der Waals surface area contributed by atoms with Gasteiger partial charge in [0.05, 0.1) is 23.5 Å². The van der Waals surface area contributed by atoms with E-state index in [0.29, 0.717) is 35.0 Å². The Labute approximate surface area is 209 Å². The molecule has 186 valence electrons. The first-order valence-electron chi connectivity index (χ1n) is 12.1. The molecular formula is C27H30FN7O. The number of anilines is 2. The number of carbonyl (C=O) groups is 1. The van der Waals surface area contributed by atoms with Crippen molar-refractivity contribution in [2.24, 2.45) is 0 Å². The molecule has 0 spiro atoms. The van der Waals surface area contributed by atoms with Crippen LogP contribution in [0.15, 0.2) is 62.1 Å². The second-order valence-electron chi connectivity index (χ2n) is 9.14. The van der Waals surface area contributed by atoms with E-state index in [1.165, 1.54) is 6.07 Å². The molecule has 1 aromatic carbocycles. The summed E-state index contributed by atoms with van der Waals surface area (Å²) in [5.41, 5.74) is 3.35. The highest BCUT2D eigenvalue weighted by atomic mass is 19.1. The van der Waals surface area contributed by atoms with E-state index in [1.807, 2.05) is 18.3 Å². The molecule has 1 atom stereocenters. The lowest BCUT2D eigenvalue weighted by Crippen LogP contribution is -2.33. The molecule has 4 heterocycles. The van der Waals surface area contributed by atoms with Crippen molar-refractivity contribution in [3.05, 3.63) is 79.2 Å². The summed E-state index contributed by atoms with van der Waals surface area (Å²) in [5, 5.41) is 12.0. The van der Waals surface area contributed by atoms with Crippen molar-refractivity contribution >= 4 is 33.8 Å². The Hall–Kier alpha value is -3.98. The zero-order valence-corrected chi connectivity index (χ0v) is 20.4. The first-order valence-corrected chi connectivity index (χ1v) is 12.1. The van der Waals surface area contributed by atoms with Crippen LogP contribution in [-0.2, 0) is 6.54 Å². The highest BCUT2D eigenvalue weighted by Gasteiger charge is 2.26. The first-order chi connectivity index (χ1) is 17.5. The lowest BCUT2D eigenvalue weighted by molar-refractivity contribution is 0.102. The van der Waals surface area contributed by atoms with Gasteiger partial charge in [-0.2, -0.15) is 5.10 Å². The Morgan fingerprint density at radius 3 is 2.92 bits per heavy atom. The number of halogens is 1. The summed E-state index contributed by atoms with van der Waals surface area (Å²) < 4.78 is 17.9. The normalized spacial score (nSPS) is 15.6. The van der Waals surface area contributed by atoms with Crippen LogP contribution >= 0.6 is 0 Å². The Bertz CT molecular complexity index is 1450. The molecule has 4 aromatic rings. The summed E-state index contributed by atoms with van der Waals surface area (Å²) in [4.78, 5) is 19.8. The molecule has 8 nitrogen and oxygen atoms in total. The predicted molar refractivity (Wildman–Crippen MR) is 141 cm³/mol. The van der Waals surface area contributed by atoms with E-state index in [1.54, 1.807) is 40.5 Å². The van der Waals surface area contributed by atoms with E-state index in [2.05, 4.69) is 38.8 Å². The Morgan fingerprint density at radius 2 is 2.11 bits per heavy atom. The summed E-state index contributed by atoms with van der Waals surface area (Å²) in [5.74, 6) is -0.849. The molecule has 2 N–H and O–H groups in total. The highest BCUT2D eigenvalue weighted by Crippen LogP contribution is 2.32. The van der Waals surface area contributed by atoms with E-state index in [4.69, 9.17) is 0 Å². The Balaban J connectivity index is 1.44. The van der Waals surface area contributed by atoms with Gasteiger partial charge in [-0.25, -0.2) is 9.37 Å². The van der Waals surface area contributed by atoms with E-state index in [9.17, 15) is 9.18 Å². The lowest BCUT2D eigenvalue weighted by atomic mass is 10.1. The minimum absolute atomic E-state index is 0.225. The van der Waals surface area contributed by atoms with Gasteiger partial charge in [-0.1, -0.05) is 12.2 Å². The molecule has 0 saturated carbocycles. The van der Waals surface area contributed by atoms with Crippen LogP contribution in [0.4, 0.5) is 15.8 Å². The molecular weight excluding hydrogens is 457 g/mol. The van der Waals surface area contributed by atoms with Gasteiger partial charge in [-0.15, -0.1) is 13.2 Å². The quantitative estimate of drug-likeness (QED) is 0.272. The maximum Gasteiger partial charge on any atom is 0.257 e. The molecule has 0 radical (unpaired) electrons. The number of fused-ring (bicyclic) bond motifs is 2. The lowest BCUT2D eigenvalue weighted by Gasteiger charge is -2.20. The van der Waals surface area contributed by atoms with E-state index < -0.39 is 5.82 Å². The average molecular weight is 488 g/mol. The third-order valence-corrected chi connectivity index (χ3v) is 6.46. The van der Waals surface area contributed by atoms with Gasteiger partial charge in [0, 0.05) is 54.9 Å². The van der Waals surface area contributed by atoms with Gasteiger partial charge in [0.15, 0.2) is 11.5 Å². The van der Waals surface area contributed by atoms with Crippen LogP contribution in [0.2, 0.25) is 0 Å². The Morgan fingerprint density at radius 1 is 1.25 bits per heavy atom. The molecule has 36 heavy (non-hydrogen) atoms. The summed E-state index contributed by atoms with van der Waals surface area (Å²) in [6.45, 7) is 12.6. The number of allylic oxidation sites excluding steroid dienone is 1. The molecule has 3 aromatic heterocycles. The SMILES string of the molecule is C=CCCN[C@@H]1CCN(c2ccc(C(=O)Nc3cc(F)c4nc(C)cn4c3)c3nn(CC=C)cc23)C1. The van der Waals surface area contributed by atoms with Crippen LogP contribution in [0.1, 0.15) is 28.9 Å². The topological polar surface area (TPSA) is 79.5 Å². The predicted octanol–water partition coefficient (Wildman–Crippen LogP) is 4.31. The number of aryl methyl sites for hydroxylation is 1. The van der Waals surface area contributed by atoms with Gasteiger partial charge >= 0.3 is 0 Å². The summed E-state index contributed by atoms with van der Waals surface area (Å²) in [6.07, 6.45) is 11.0. The number of hydrogen-bond acceptors (Lipinski definition) is 5. The number of imidazole rings is 1. The molecule has 0 unspecified atom stereocenters. The van der Waals surface area contributed by atoms with Gasteiger partial charge in [0.2, 0.25) is 0 Å². The van der Waals surface area contributed by atoms with Crippen LogP contribution < -0.4 is 15.5 Å². The number of nitrogens with one attached hydrogen (secondary N) is 2. The Kier molecular flexibility index (Phi) is 6.56. The average Bonchev–Trinajstić information content (AvgIpc) is 3.57. The van der Waals surface area contributed by atoms with Crippen molar-refractivity contribution in [2.45, 2.75) is 32.4 Å². The number of nitrogens with zero attached hydrogens (tertiary/aromatic N) is 5. The molecule has 1 aliphatic heterocycles. The van der Waals surface area contributed by atoms with Crippen LogP contribution in [-0.4, -0.2) is 50.7 Å². The monoisotopic (exact) mass is 487 g/mol. The number of amides is 1.